The molecule has 1 rings (SSSR count). The van der Waals surface area contributed by atoms with Crippen molar-refractivity contribution in [1.29, 1.82) is 0 Å². The van der Waals surface area contributed by atoms with Crippen molar-refractivity contribution < 1.29 is 14.7 Å². The first kappa shape index (κ1) is 11.4. The lowest BCUT2D eigenvalue weighted by Gasteiger charge is -2.22. The van der Waals surface area contributed by atoms with Crippen molar-refractivity contribution in [3.8, 4) is 0 Å². The van der Waals surface area contributed by atoms with Crippen LogP contribution in [0.4, 0.5) is 5.00 Å². The van der Waals surface area contributed by atoms with Gasteiger partial charge in [-0.1, -0.05) is 0 Å². The monoisotopic (exact) mass is 229 g/mol. The van der Waals surface area contributed by atoms with Crippen molar-refractivity contribution in [2.75, 3.05) is 5.32 Å². The van der Waals surface area contributed by atoms with Crippen molar-refractivity contribution in [1.82, 2.24) is 4.98 Å². The van der Waals surface area contributed by atoms with Gasteiger partial charge >= 0.3 is 5.97 Å². The number of nitrogens with one attached hydrogen (secondary N) is 1. The third kappa shape index (κ3) is 2.44. The van der Waals surface area contributed by atoms with E-state index in [-0.39, 0.29) is 5.69 Å². The minimum Gasteiger partial charge on any atom is -0.476 e. The van der Waals surface area contributed by atoms with E-state index in [1.54, 1.807) is 13.8 Å². The molecule has 0 aliphatic heterocycles. The summed E-state index contributed by atoms with van der Waals surface area (Å²) in [7, 11) is 0. The van der Waals surface area contributed by atoms with Gasteiger partial charge in [-0.3, -0.25) is 4.79 Å². The van der Waals surface area contributed by atoms with Gasteiger partial charge in [-0.25, -0.2) is 9.78 Å². The van der Waals surface area contributed by atoms with Crippen LogP contribution in [0.15, 0.2) is 5.51 Å². The Labute approximate surface area is 90.1 Å². The van der Waals surface area contributed by atoms with Crippen molar-refractivity contribution >= 4 is 28.2 Å². The first-order valence-corrected chi connectivity index (χ1v) is 4.97. The third-order valence-corrected chi connectivity index (χ3v) is 2.55. The number of nitrogens with two attached hydrogens (primary N) is 1. The predicted molar refractivity (Wildman–Crippen MR) is 56.0 cm³/mol. The zero-order chi connectivity index (χ0) is 11.6. The van der Waals surface area contributed by atoms with Crippen LogP contribution in [0.1, 0.15) is 24.3 Å². The fourth-order valence-electron chi connectivity index (χ4n) is 0.833. The first-order chi connectivity index (χ1) is 6.84. The van der Waals surface area contributed by atoms with Gasteiger partial charge in [-0.2, -0.15) is 0 Å². The molecule has 0 aromatic carbocycles. The smallest absolute Gasteiger partial charge is 0.357 e. The number of carbonyl (C=O) groups is 2. The maximum atomic E-state index is 11.0. The minimum atomic E-state index is -1.14. The first-order valence-electron chi connectivity index (χ1n) is 4.09. The van der Waals surface area contributed by atoms with Crippen LogP contribution in [0.25, 0.3) is 0 Å². The number of hydrogen-bond donors (Lipinski definition) is 3. The average Bonchev–Trinajstić information content (AvgIpc) is 2.51. The highest BCUT2D eigenvalue weighted by Crippen LogP contribution is 2.23. The van der Waals surface area contributed by atoms with Crippen LogP contribution in [-0.2, 0) is 4.79 Å². The summed E-state index contributed by atoms with van der Waals surface area (Å²) in [4.78, 5) is 25.4. The Hall–Kier alpha value is -1.63. The second-order valence-electron chi connectivity index (χ2n) is 3.45. The Bertz CT molecular complexity index is 400. The molecule has 1 amide bonds. The van der Waals surface area contributed by atoms with Gasteiger partial charge in [0.15, 0.2) is 5.69 Å². The summed E-state index contributed by atoms with van der Waals surface area (Å²) in [5.74, 6) is -1.70. The Morgan fingerprint density at radius 3 is 2.67 bits per heavy atom. The summed E-state index contributed by atoms with van der Waals surface area (Å²) >= 11 is 1.11. The molecular formula is C8H11N3O3S. The summed E-state index contributed by atoms with van der Waals surface area (Å²) in [6.07, 6.45) is 0. The van der Waals surface area contributed by atoms with Crippen LogP contribution in [0.3, 0.4) is 0 Å². The van der Waals surface area contributed by atoms with Gasteiger partial charge in [0, 0.05) is 0 Å². The number of rotatable bonds is 4. The van der Waals surface area contributed by atoms with Crippen molar-refractivity contribution in [2.45, 2.75) is 19.4 Å². The molecule has 0 atom stereocenters. The molecule has 82 valence electrons. The molecule has 1 aromatic rings. The van der Waals surface area contributed by atoms with E-state index in [2.05, 4.69) is 10.3 Å². The zero-order valence-electron chi connectivity index (χ0n) is 8.27. The van der Waals surface area contributed by atoms with E-state index in [1.165, 1.54) is 5.51 Å². The molecule has 0 aliphatic carbocycles. The Morgan fingerprint density at radius 1 is 1.60 bits per heavy atom. The summed E-state index contributed by atoms with van der Waals surface area (Å²) in [5, 5.41) is 11.9. The quantitative estimate of drug-likeness (QED) is 0.697. The summed E-state index contributed by atoms with van der Waals surface area (Å²) < 4.78 is 0. The second-order valence-corrected chi connectivity index (χ2v) is 4.30. The van der Waals surface area contributed by atoms with Gasteiger partial charge in [0.2, 0.25) is 5.91 Å². The number of anilines is 1. The van der Waals surface area contributed by atoms with Gasteiger partial charge in [-0.05, 0) is 13.8 Å². The summed E-state index contributed by atoms with van der Waals surface area (Å²) in [6.45, 7) is 3.14. The molecule has 0 fully saturated rings. The van der Waals surface area contributed by atoms with Crippen molar-refractivity contribution in [3.63, 3.8) is 0 Å². The van der Waals surface area contributed by atoms with E-state index >= 15 is 0 Å². The molecule has 4 N–H and O–H groups in total. The molecule has 1 heterocycles. The zero-order valence-corrected chi connectivity index (χ0v) is 9.09. The minimum absolute atomic E-state index is 0.102. The molecule has 0 saturated heterocycles. The number of amides is 1. The van der Waals surface area contributed by atoms with E-state index in [1.807, 2.05) is 0 Å². The highest BCUT2D eigenvalue weighted by Gasteiger charge is 2.27. The van der Waals surface area contributed by atoms with E-state index in [4.69, 9.17) is 10.8 Å². The van der Waals surface area contributed by atoms with E-state index in [9.17, 15) is 9.59 Å². The number of nitrogens with zero attached hydrogens (tertiary/aromatic N) is 1. The fourth-order valence-corrected chi connectivity index (χ4v) is 1.66. The maximum absolute atomic E-state index is 11.0. The number of carboxylic acid groups (broad SMARTS) is 1. The van der Waals surface area contributed by atoms with Gasteiger partial charge in [0.1, 0.15) is 10.5 Å². The average molecular weight is 229 g/mol. The standard InChI is InChI=1S/C8H11N3O3S/c1-8(2,7(9)14)11-5-4(6(12)13)10-3-15-5/h3,11H,1-2H3,(H2,9,14)(H,12,13). The number of hydrogen-bond acceptors (Lipinski definition) is 5. The number of thiazole rings is 1. The topological polar surface area (TPSA) is 105 Å². The fraction of sp³-hybridized carbons (Fsp3) is 0.375. The maximum Gasteiger partial charge on any atom is 0.357 e. The third-order valence-electron chi connectivity index (χ3n) is 1.81. The molecule has 7 heteroatoms. The normalized spacial score (nSPS) is 11.1. The van der Waals surface area contributed by atoms with Crippen LogP contribution in [0, 0.1) is 0 Å². The summed E-state index contributed by atoms with van der Waals surface area (Å²) in [6, 6.07) is 0. The number of primary amides is 1. The molecule has 0 bridgehead atoms. The van der Waals surface area contributed by atoms with Crippen molar-refractivity contribution in [3.05, 3.63) is 11.2 Å². The Kier molecular flexibility index (Phi) is 2.94. The highest BCUT2D eigenvalue weighted by atomic mass is 32.1. The SMILES string of the molecule is CC(C)(Nc1scnc1C(=O)O)C(N)=O. The molecule has 0 saturated carbocycles. The number of carboxylic acids is 1. The molecular weight excluding hydrogens is 218 g/mol. The summed E-state index contributed by atoms with van der Waals surface area (Å²) in [5.41, 5.74) is 5.43. The molecule has 0 aliphatic rings. The van der Waals surface area contributed by atoms with Crippen LogP contribution in [0.2, 0.25) is 0 Å². The molecule has 1 aromatic heterocycles. The van der Waals surface area contributed by atoms with E-state index in [0.717, 1.165) is 11.3 Å². The number of aromatic carboxylic acids is 1. The second kappa shape index (κ2) is 3.85. The number of carbonyl (C=O) groups excluding carboxylic acids is 1. The molecule has 0 spiro atoms. The molecule has 0 unspecified atom stereocenters. The van der Waals surface area contributed by atoms with Gasteiger partial charge in [0.05, 0.1) is 5.51 Å². The van der Waals surface area contributed by atoms with Crippen LogP contribution in [0.5, 0.6) is 0 Å². The van der Waals surface area contributed by atoms with Gasteiger partial charge in [-0.15, -0.1) is 11.3 Å². The van der Waals surface area contributed by atoms with E-state index < -0.39 is 17.4 Å². The lowest BCUT2D eigenvalue weighted by Crippen LogP contribution is -2.45. The Balaban J connectivity index is 2.95. The molecule has 15 heavy (non-hydrogen) atoms. The van der Waals surface area contributed by atoms with Gasteiger partial charge < -0.3 is 16.2 Å². The number of aromatic nitrogens is 1. The molecule has 0 radical (unpaired) electrons. The van der Waals surface area contributed by atoms with Crippen LogP contribution < -0.4 is 11.1 Å². The van der Waals surface area contributed by atoms with E-state index in [0.29, 0.717) is 5.00 Å². The largest absolute Gasteiger partial charge is 0.476 e. The van der Waals surface area contributed by atoms with Crippen LogP contribution in [-0.4, -0.2) is 27.5 Å². The lowest BCUT2D eigenvalue weighted by molar-refractivity contribution is -0.121. The molecule has 6 nitrogen and oxygen atoms in total. The Morgan fingerprint density at radius 2 is 2.20 bits per heavy atom. The van der Waals surface area contributed by atoms with Crippen LogP contribution >= 0.6 is 11.3 Å². The predicted octanol–water partition coefficient (Wildman–Crippen LogP) is 0.517. The highest BCUT2D eigenvalue weighted by molar-refractivity contribution is 7.14. The van der Waals surface area contributed by atoms with Gasteiger partial charge in [0.25, 0.3) is 0 Å². The van der Waals surface area contributed by atoms with Crippen molar-refractivity contribution in [2.24, 2.45) is 5.73 Å². The lowest BCUT2D eigenvalue weighted by atomic mass is 10.1.